The Morgan fingerprint density at radius 1 is 1.03 bits per heavy atom. The number of piperidine rings is 1. The van der Waals surface area contributed by atoms with Gasteiger partial charge in [-0.1, -0.05) is 12.1 Å². The van der Waals surface area contributed by atoms with Gasteiger partial charge < -0.3 is 25.4 Å². The lowest BCUT2D eigenvalue weighted by atomic mass is 9.94. The Bertz CT molecular complexity index is 1100. The Morgan fingerprint density at radius 3 is 2.55 bits per heavy atom. The van der Waals surface area contributed by atoms with Crippen LogP contribution in [0.25, 0.3) is 22.3 Å². The van der Waals surface area contributed by atoms with Crippen LogP contribution in [0.4, 0.5) is 17.5 Å². The van der Waals surface area contributed by atoms with E-state index in [9.17, 15) is 5.11 Å². The van der Waals surface area contributed by atoms with Crippen LogP contribution >= 0.6 is 0 Å². The molecule has 0 aliphatic carbocycles. The summed E-state index contributed by atoms with van der Waals surface area (Å²) in [5.41, 5.74) is 9.19. The van der Waals surface area contributed by atoms with Gasteiger partial charge in [-0.2, -0.15) is 9.97 Å². The molecule has 8 nitrogen and oxygen atoms in total. The van der Waals surface area contributed by atoms with Crippen LogP contribution in [-0.4, -0.2) is 65.6 Å². The van der Waals surface area contributed by atoms with E-state index in [2.05, 4.69) is 22.8 Å². The second-order valence-corrected chi connectivity index (χ2v) is 9.10. The Hall–Kier alpha value is -2.97. The van der Waals surface area contributed by atoms with Crippen molar-refractivity contribution in [3.63, 3.8) is 0 Å². The Labute approximate surface area is 194 Å². The topological polar surface area (TPSA) is 101 Å². The zero-order valence-electron chi connectivity index (χ0n) is 19.2. The summed E-state index contributed by atoms with van der Waals surface area (Å²) in [6.45, 7) is 6.39. The van der Waals surface area contributed by atoms with Crippen LogP contribution in [0.3, 0.4) is 0 Å². The second-order valence-electron chi connectivity index (χ2n) is 9.10. The van der Waals surface area contributed by atoms with Gasteiger partial charge in [0, 0.05) is 37.5 Å². The number of aliphatic hydroxyl groups is 1. The van der Waals surface area contributed by atoms with Crippen LogP contribution in [0.1, 0.15) is 26.2 Å². The lowest BCUT2D eigenvalue weighted by Gasteiger charge is -2.36. The van der Waals surface area contributed by atoms with Gasteiger partial charge in [0.25, 0.3) is 0 Å². The number of rotatable bonds is 5. The number of hydrogen-bond donors (Lipinski definition) is 2. The van der Waals surface area contributed by atoms with Gasteiger partial charge in [0.1, 0.15) is 5.82 Å². The van der Waals surface area contributed by atoms with Gasteiger partial charge in [0.05, 0.1) is 30.3 Å². The molecule has 33 heavy (non-hydrogen) atoms. The molecule has 0 spiro atoms. The number of aromatic nitrogens is 3. The van der Waals surface area contributed by atoms with Gasteiger partial charge in [-0.3, -0.25) is 0 Å². The summed E-state index contributed by atoms with van der Waals surface area (Å²) in [6.07, 6.45) is 2.96. The number of anilines is 3. The third-order valence-corrected chi connectivity index (χ3v) is 6.81. The number of hydrogen-bond acceptors (Lipinski definition) is 8. The quantitative estimate of drug-likeness (QED) is 0.575. The van der Waals surface area contributed by atoms with Crippen molar-refractivity contribution in [1.29, 1.82) is 0 Å². The minimum absolute atomic E-state index is 0.233. The van der Waals surface area contributed by atoms with Crippen LogP contribution in [-0.2, 0) is 4.74 Å². The molecule has 8 heteroatoms. The van der Waals surface area contributed by atoms with E-state index in [4.69, 9.17) is 25.4 Å². The second kappa shape index (κ2) is 9.49. The van der Waals surface area contributed by atoms with Gasteiger partial charge in [0.15, 0.2) is 5.65 Å². The molecule has 0 saturated carbocycles. The summed E-state index contributed by atoms with van der Waals surface area (Å²) in [5.74, 6) is 2.24. The molecule has 174 valence electrons. The molecule has 2 aromatic heterocycles. The van der Waals surface area contributed by atoms with E-state index in [1.54, 1.807) is 0 Å². The van der Waals surface area contributed by atoms with Crippen molar-refractivity contribution in [3.8, 4) is 11.3 Å². The van der Waals surface area contributed by atoms with E-state index >= 15 is 0 Å². The third-order valence-electron chi connectivity index (χ3n) is 6.81. The number of nitrogen functional groups attached to an aromatic ring is 1. The van der Waals surface area contributed by atoms with E-state index in [0.29, 0.717) is 24.8 Å². The molecule has 2 aliphatic heterocycles. The third kappa shape index (κ3) is 4.58. The smallest absolute Gasteiger partial charge is 0.229 e. The summed E-state index contributed by atoms with van der Waals surface area (Å²) in [4.78, 5) is 19.5. The summed E-state index contributed by atoms with van der Waals surface area (Å²) in [6, 6.07) is 12.1. The molecule has 3 N–H and O–H groups in total. The molecule has 3 aromatic rings. The maximum atomic E-state index is 9.29. The van der Waals surface area contributed by atoms with E-state index in [1.165, 1.54) is 0 Å². The lowest BCUT2D eigenvalue weighted by Crippen LogP contribution is -2.44. The van der Waals surface area contributed by atoms with Crippen LogP contribution in [0.15, 0.2) is 36.4 Å². The first-order valence-electron chi connectivity index (χ1n) is 11.9. The number of aliphatic hydroxyl groups excluding tert-OH is 1. The molecule has 2 saturated heterocycles. The van der Waals surface area contributed by atoms with Crippen molar-refractivity contribution < 1.29 is 9.84 Å². The van der Waals surface area contributed by atoms with Crippen molar-refractivity contribution in [2.24, 2.45) is 5.92 Å². The molecule has 1 atom stereocenters. The molecule has 4 heterocycles. The van der Waals surface area contributed by atoms with Crippen molar-refractivity contribution >= 4 is 28.5 Å². The normalized spacial score (nSPS) is 19.9. The first-order chi connectivity index (χ1) is 16.1. The fourth-order valence-corrected chi connectivity index (χ4v) is 4.80. The zero-order chi connectivity index (χ0) is 22.8. The van der Waals surface area contributed by atoms with Crippen molar-refractivity contribution in [1.82, 2.24) is 15.0 Å². The minimum atomic E-state index is 0.233. The van der Waals surface area contributed by atoms with Crippen molar-refractivity contribution in [3.05, 3.63) is 36.4 Å². The van der Waals surface area contributed by atoms with Crippen molar-refractivity contribution in [2.45, 2.75) is 32.2 Å². The first kappa shape index (κ1) is 21.9. The molecular weight excluding hydrogens is 416 g/mol. The molecule has 0 unspecified atom stereocenters. The largest absolute Gasteiger partial charge is 0.399 e. The predicted octanol–water partition coefficient (Wildman–Crippen LogP) is 3.10. The first-order valence-corrected chi connectivity index (χ1v) is 11.9. The van der Waals surface area contributed by atoms with E-state index < -0.39 is 0 Å². The van der Waals surface area contributed by atoms with Crippen LogP contribution in [0.2, 0.25) is 0 Å². The molecule has 1 aromatic carbocycles. The molecule has 0 radical (unpaired) electrons. The molecule has 0 bridgehead atoms. The van der Waals surface area contributed by atoms with Gasteiger partial charge in [-0.05, 0) is 56.4 Å². The minimum Gasteiger partial charge on any atom is -0.399 e. The van der Waals surface area contributed by atoms with E-state index in [-0.39, 0.29) is 12.6 Å². The van der Waals surface area contributed by atoms with Crippen LogP contribution < -0.4 is 15.5 Å². The average molecular weight is 449 g/mol. The van der Waals surface area contributed by atoms with Gasteiger partial charge in [-0.15, -0.1) is 0 Å². The number of ether oxygens (including phenoxy) is 1. The molecule has 0 amide bonds. The zero-order valence-corrected chi connectivity index (χ0v) is 19.2. The highest BCUT2D eigenvalue weighted by molar-refractivity contribution is 5.90. The van der Waals surface area contributed by atoms with E-state index in [0.717, 1.165) is 73.0 Å². The SMILES string of the molecule is C[C@H]1COCCN1c1nc(N2CCC(CCO)CC2)nc2nc(-c3ccc(N)cc3)ccc12. The highest BCUT2D eigenvalue weighted by Crippen LogP contribution is 2.32. The Morgan fingerprint density at radius 2 is 1.82 bits per heavy atom. The van der Waals surface area contributed by atoms with Crippen molar-refractivity contribution in [2.75, 3.05) is 55.0 Å². The fourth-order valence-electron chi connectivity index (χ4n) is 4.80. The van der Waals surface area contributed by atoms with Gasteiger partial charge in [-0.25, -0.2) is 4.98 Å². The fraction of sp³-hybridized carbons (Fsp3) is 0.480. The summed E-state index contributed by atoms with van der Waals surface area (Å²) >= 11 is 0. The standard InChI is InChI=1S/C25H32N6O2/c1-17-16-33-15-13-31(17)24-21-6-7-22(19-2-4-20(26)5-3-19)27-23(21)28-25(29-24)30-11-8-18(9-12-30)10-14-32/h2-7,17-18,32H,8-16,26H2,1H3/t17-/m0/s1. The number of nitrogens with zero attached hydrogens (tertiary/aromatic N) is 5. The Balaban J connectivity index is 1.55. The van der Waals surface area contributed by atoms with Gasteiger partial charge in [0.2, 0.25) is 5.95 Å². The molecule has 2 aliphatic rings. The Kier molecular flexibility index (Phi) is 6.28. The maximum Gasteiger partial charge on any atom is 0.229 e. The highest BCUT2D eigenvalue weighted by atomic mass is 16.5. The average Bonchev–Trinajstić information content (AvgIpc) is 2.84. The molecular formula is C25H32N6O2. The number of benzene rings is 1. The number of nitrogens with two attached hydrogens (primary N) is 1. The lowest BCUT2D eigenvalue weighted by molar-refractivity contribution is 0.0987. The van der Waals surface area contributed by atoms with Gasteiger partial charge >= 0.3 is 0 Å². The summed E-state index contributed by atoms with van der Waals surface area (Å²) < 4.78 is 5.67. The molecule has 2 fully saturated rings. The maximum absolute atomic E-state index is 9.29. The summed E-state index contributed by atoms with van der Waals surface area (Å²) in [5, 5.41) is 10.3. The van der Waals surface area contributed by atoms with E-state index in [1.807, 2.05) is 30.3 Å². The number of pyridine rings is 1. The number of morpholine rings is 1. The van der Waals surface area contributed by atoms with Crippen LogP contribution in [0.5, 0.6) is 0 Å². The monoisotopic (exact) mass is 448 g/mol. The number of fused-ring (bicyclic) bond motifs is 1. The highest BCUT2D eigenvalue weighted by Gasteiger charge is 2.26. The summed E-state index contributed by atoms with van der Waals surface area (Å²) in [7, 11) is 0. The molecule has 5 rings (SSSR count). The predicted molar refractivity (Wildman–Crippen MR) is 131 cm³/mol. The van der Waals surface area contributed by atoms with Crippen LogP contribution in [0, 0.1) is 5.92 Å².